The van der Waals surface area contributed by atoms with Crippen LogP contribution < -0.4 is 16.2 Å². The van der Waals surface area contributed by atoms with E-state index >= 15 is 0 Å². The van der Waals surface area contributed by atoms with Gasteiger partial charge >= 0.3 is 5.76 Å². The molecule has 0 fully saturated rings. The molecule has 2 aromatic carbocycles. The molecule has 0 amide bonds. The van der Waals surface area contributed by atoms with Crippen molar-refractivity contribution >= 4 is 22.6 Å². The molecule has 112 valence electrons. The lowest BCUT2D eigenvalue weighted by Gasteiger charge is -2.05. The van der Waals surface area contributed by atoms with E-state index in [1.807, 2.05) is 0 Å². The first-order chi connectivity index (χ1) is 10.6. The van der Waals surface area contributed by atoms with E-state index in [0.29, 0.717) is 28.1 Å². The molecule has 6 heteroatoms. The molecule has 0 unspecified atom stereocenters. The van der Waals surface area contributed by atoms with E-state index in [1.54, 1.807) is 42.5 Å². The number of hydrogen-bond donors (Lipinski definition) is 1. The van der Waals surface area contributed by atoms with Crippen molar-refractivity contribution in [1.82, 2.24) is 4.57 Å². The van der Waals surface area contributed by atoms with Crippen molar-refractivity contribution in [2.45, 2.75) is 6.54 Å². The number of ketones is 1. The van der Waals surface area contributed by atoms with Crippen LogP contribution in [-0.2, 0) is 6.54 Å². The molecule has 1 aromatic heterocycles. The number of ether oxygens (including phenoxy) is 1. The van der Waals surface area contributed by atoms with E-state index in [9.17, 15) is 9.59 Å². The highest BCUT2D eigenvalue weighted by atomic mass is 16.5. The minimum absolute atomic E-state index is 0.146. The van der Waals surface area contributed by atoms with E-state index in [4.69, 9.17) is 14.9 Å². The molecule has 0 aliphatic carbocycles. The number of fused-ring (bicyclic) bond motifs is 1. The highest BCUT2D eigenvalue weighted by molar-refractivity contribution is 5.97. The lowest BCUT2D eigenvalue weighted by molar-refractivity contribution is 0.0970. The molecule has 0 bridgehead atoms. The summed E-state index contributed by atoms with van der Waals surface area (Å²) in [5, 5.41) is 0. The number of carbonyl (C=O) groups excluding carboxylic acids is 1. The molecule has 22 heavy (non-hydrogen) atoms. The molecule has 0 radical (unpaired) electrons. The van der Waals surface area contributed by atoms with Crippen LogP contribution in [0.5, 0.6) is 5.75 Å². The van der Waals surface area contributed by atoms with Crippen LogP contribution in [0, 0.1) is 0 Å². The number of benzene rings is 2. The number of carbonyl (C=O) groups is 1. The van der Waals surface area contributed by atoms with Crippen molar-refractivity contribution in [1.29, 1.82) is 0 Å². The van der Waals surface area contributed by atoms with Crippen molar-refractivity contribution in [3.05, 3.63) is 58.6 Å². The molecule has 1 heterocycles. The smallest absolute Gasteiger partial charge is 0.420 e. The van der Waals surface area contributed by atoms with Gasteiger partial charge in [-0.2, -0.15) is 0 Å². The van der Waals surface area contributed by atoms with Crippen LogP contribution in [0.4, 0.5) is 5.69 Å². The number of nitrogens with two attached hydrogens (primary N) is 1. The average Bonchev–Trinajstić information content (AvgIpc) is 2.84. The maximum absolute atomic E-state index is 12.4. The zero-order valence-electron chi connectivity index (χ0n) is 11.9. The molecule has 0 spiro atoms. The minimum Gasteiger partial charge on any atom is -0.497 e. The maximum atomic E-state index is 12.4. The van der Waals surface area contributed by atoms with Gasteiger partial charge in [0.2, 0.25) is 0 Å². The summed E-state index contributed by atoms with van der Waals surface area (Å²) < 4.78 is 11.4. The van der Waals surface area contributed by atoms with E-state index in [0.717, 1.165) is 0 Å². The first kappa shape index (κ1) is 13.9. The number of aromatic nitrogens is 1. The van der Waals surface area contributed by atoms with Crippen molar-refractivity contribution in [3.8, 4) is 5.75 Å². The first-order valence-electron chi connectivity index (χ1n) is 6.65. The zero-order chi connectivity index (χ0) is 15.7. The largest absolute Gasteiger partial charge is 0.497 e. The van der Waals surface area contributed by atoms with Gasteiger partial charge in [-0.1, -0.05) is 18.2 Å². The van der Waals surface area contributed by atoms with Gasteiger partial charge in [0, 0.05) is 5.56 Å². The monoisotopic (exact) mass is 298 g/mol. The molecule has 0 aliphatic rings. The summed E-state index contributed by atoms with van der Waals surface area (Å²) in [6.45, 7) is -0.146. The maximum Gasteiger partial charge on any atom is 0.420 e. The standard InChI is InChI=1S/C16H14N2O4/c1-21-11-5-2-4-10(8-11)13(19)9-18-15-12(17)6-3-7-14(15)22-16(18)20/h2-8H,9,17H2,1H3. The third-order valence-corrected chi connectivity index (χ3v) is 3.41. The first-order valence-corrected chi connectivity index (χ1v) is 6.65. The molecule has 6 nitrogen and oxygen atoms in total. The zero-order valence-corrected chi connectivity index (χ0v) is 11.9. The molecule has 2 N–H and O–H groups in total. The van der Waals surface area contributed by atoms with Gasteiger partial charge in [-0.05, 0) is 24.3 Å². The number of rotatable bonds is 4. The summed E-state index contributed by atoms with van der Waals surface area (Å²) >= 11 is 0. The van der Waals surface area contributed by atoms with Gasteiger partial charge in [0.05, 0.1) is 19.3 Å². The molecule has 3 aromatic rings. The van der Waals surface area contributed by atoms with Gasteiger partial charge in [0.25, 0.3) is 0 Å². The van der Waals surface area contributed by atoms with Gasteiger partial charge in [-0.25, -0.2) is 4.79 Å². The Hall–Kier alpha value is -3.02. The Morgan fingerprint density at radius 3 is 2.82 bits per heavy atom. The fraction of sp³-hybridized carbons (Fsp3) is 0.125. The normalized spacial score (nSPS) is 10.8. The molecular formula is C16H14N2O4. The van der Waals surface area contributed by atoms with E-state index in [2.05, 4.69) is 0 Å². The Labute approximate surface area is 125 Å². The van der Waals surface area contributed by atoms with Gasteiger partial charge in [0.15, 0.2) is 11.4 Å². The number of oxazole rings is 1. The van der Waals surface area contributed by atoms with Gasteiger partial charge in [-0.15, -0.1) is 0 Å². The van der Waals surface area contributed by atoms with Crippen LogP contribution in [0.25, 0.3) is 11.1 Å². The van der Waals surface area contributed by atoms with Crippen LogP contribution in [0.1, 0.15) is 10.4 Å². The van der Waals surface area contributed by atoms with E-state index in [-0.39, 0.29) is 12.3 Å². The second kappa shape index (κ2) is 5.40. The van der Waals surface area contributed by atoms with Gasteiger partial charge in [0.1, 0.15) is 11.3 Å². The Kier molecular flexibility index (Phi) is 3.42. The summed E-state index contributed by atoms with van der Waals surface area (Å²) in [5.74, 6) is -0.258. The summed E-state index contributed by atoms with van der Waals surface area (Å²) in [6, 6.07) is 11.7. The fourth-order valence-corrected chi connectivity index (χ4v) is 2.33. The molecule has 0 saturated heterocycles. The second-order valence-corrected chi connectivity index (χ2v) is 4.80. The Morgan fingerprint density at radius 1 is 1.27 bits per heavy atom. The topological polar surface area (TPSA) is 87.5 Å². The lowest BCUT2D eigenvalue weighted by Crippen LogP contribution is -2.20. The Balaban J connectivity index is 2.01. The number of para-hydroxylation sites is 1. The summed E-state index contributed by atoms with van der Waals surface area (Å²) in [7, 11) is 1.53. The van der Waals surface area contributed by atoms with Crippen molar-refractivity contribution in [2.24, 2.45) is 0 Å². The van der Waals surface area contributed by atoms with E-state index in [1.165, 1.54) is 11.7 Å². The highest BCUT2D eigenvalue weighted by Gasteiger charge is 2.16. The number of methoxy groups -OCH3 is 1. The summed E-state index contributed by atoms with van der Waals surface area (Å²) in [6.07, 6.45) is 0. The molecule has 3 rings (SSSR count). The number of nitrogen functional groups attached to an aromatic ring is 1. The van der Waals surface area contributed by atoms with Crippen molar-refractivity contribution in [2.75, 3.05) is 12.8 Å². The molecule has 0 atom stereocenters. The third kappa shape index (κ3) is 2.35. The van der Waals surface area contributed by atoms with Crippen LogP contribution in [0.2, 0.25) is 0 Å². The SMILES string of the molecule is COc1cccc(C(=O)Cn2c(=O)oc3cccc(N)c32)c1. The number of anilines is 1. The van der Waals surface area contributed by atoms with E-state index < -0.39 is 5.76 Å². The predicted molar refractivity (Wildman–Crippen MR) is 82.2 cm³/mol. The Morgan fingerprint density at radius 2 is 2.05 bits per heavy atom. The average molecular weight is 298 g/mol. The van der Waals surface area contributed by atoms with Crippen molar-refractivity contribution in [3.63, 3.8) is 0 Å². The quantitative estimate of drug-likeness (QED) is 0.588. The fourth-order valence-electron chi connectivity index (χ4n) is 2.33. The molecular weight excluding hydrogens is 284 g/mol. The second-order valence-electron chi connectivity index (χ2n) is 4.80. The van der Waals surface area contributed by atoms with Gasteiger partial charge < -0.3 is 14.9 Å². The third-order valence-electron chi connectivity index (χ3n) is 3.41. The van der Waals surface area contributed by atoms with Crippen molar-refractivity contribution < 1.29 is 13.9 Å². The Bertz CT molecular complexity index is 908. The van der Waals surface area contributed by atoms with Crippen LogP contribution in [0.15, 0.2) is 51.7 Å². The number of Topliss-reactive ketones (excluding diaryl/α,β-unsaturated/α-hetero) is 1. The molecule has 0 aliphatic heterocycles. The lowest BCUT2D eigenvalue weighted by atomic mass is 10.1. The molecule has 0 saturated carbocycles. The van der Waals surface area contributed by atoms with Gasteiger partial charge in [-0.3, -0.25) is 9.36 Å². The predicted octanol–water partition coefficient (Wildman–Crippen LogP) is 2.07. The number of hydrogen-bond acceptors (Lipinski definition) is 5. The highest BCUT2D eigenvalue weighted by Crippen LogP contribution is 2.20. The van der Waals surface area contributed by atoms with Crippen LogP contribution >= 0.6 is 0 Å². The number of nitrogens with zero attached hydrogens (tertiary/aromatic N) is 1. The summed E-state index contributed by atoms with van der Waals surface area (Å²) in [5.41, 5.74) is 7.52. The minimum atomic E-state index is -0.607. The van der Waals surface area contributed by atoms with Crippen LogP contribution in [0.3, 0.4) is 0 Å². The summed E-state index contributed by atoms with van der Waals surface area (Å²) in [4.78, 5) is 24.3. The van der Waals surface area contributed by atoms with Crippen LogP contribution in [-0.4, -0.2) is 17.5 Å².